The Balaban J connectivity index is 1.33. The Kier molecular flexibility index (Phi) is 4.53. The predicted molar refractivity (Wildman–Crippen MR) is 158 cm³/mol. The summed E-state index contributed by atoms with van der Waals surface area (Å²) in [5.41, 5.74) is 5.53. The minimum atomic E-state index is -2.25. The van der Waals surface area contributed by atoms with E-state index in [0.717, 1.165) is 38.9 Å². The van der Waals surface area contributed by atoms with Gasteiger partial charge in [0.2, 0.25) is 0 Å². The molecule has 0 fully saturated rings. The molecule has 4 aromatic carbocycles. The largest absolute Gasteiger partial charge is 0.459 e. The minimum Gasteiger partial charge on any atom is -0.459 e. The summed E-state index contributed by atoms with van der Waals surface area (Å²) < 4.78 is 32.0. The molecular formula is C33H25N5O. The highest BCUT2D eigenvalue weighted by Crippen LogP contribution is 2.43. The van der Waals surface area contributed by atoms with Gasteiger partial charge in [0, 0.05) is 45.9 Å². The molecule has 0 spiro atoms. The first-order valence-corrected chi connectivity index (χ1v) is 12.6. The van der Waals surface area contributed by atoms with E-state index in [4.69, 9.17) is 15.4 Å². The van der Waals surface area contributed by atoms with Crippen molar-refractivity contribution >= 4 is 44.6 Å². The van der Waals surface area contributed by atoms with Crippen molar-refractivity contribution in [1.82, 2.24) is 9.55 Å². The average molecular weight is 511 g/mol. The molecule has 0 radical (unpaired) electrons. The number of fused-ring (bicyclic) bond motifs is 4. The van der Waals surface area contributed by atoms with E-state index < -0.39 is 6.85 Å². The maximum Gasteiger partial charge on any atom is 0.192 e. The lowest BCUT2D eigenvalue weighted by molar-refractivity contribution is 0.483. The first-order chi connectivity index (χ1) is 20.3. The molecule has 6 heteroatoms. The fourth-order valence-corrected chi connectivity index (χ4v) is 5.39. The molecule has 0 bridgehead atoms. The van der Waals surface area contributed by atoms with E-state index in [2.05, 4.69) is 31.8 Å². The summed E-state index contributed by atoms with van der Waals surface area (Å²) in [4.78, 5) is 12.6. The minimum absolute atomic E-state index is 0.225. The monoisotopic (exact) mass is 510 g/mol. The first-order valence-electron chi connectivity index (χ1n) is 14.1. The second-order valence-electron chi connectivity index (χ2n) is 9.59. The van der Waals surface area contributed by atoms with Crippen molar-refractivity contribution < 1.29 is 8.85 Å². The fourth-order valence-electron chi connectivity index (χ4n) is 5.39. The average Bonchev–Trinajstić information content (AvgIpc) is 3.51. The van der Waals surface area contributed by atoms with Gasteiger partial charge in [0.05, 0.1) is 35.6 Å². The van der Waals surface area contributed by atoms with Crippen LogP contribution in [-0.4, -0.2) is 23.3 Å². The highest BCUT2D eigenvalue weighted by Gasteiger charge is 2.24. The van der Waals surface area contributed by atoms with Crippen molar-refractivity contribution in [2.75, 3.05) is 23.5 Å². The number of anilines is 3. The van der Waals surface area contributed by atoms with Crippen molar-refractivity contribution in [1.29, 1.82) is 0 Å². The Morgan fingerprint density at radius 2 is 1.67 bits per heavy atom. The molecule has 0 saturated carbocycles. The molecule has 0 aliphatic carbocycles. The van der Waals surface area contributed by atoms with Crippen molar-refractivity contribution in [3.8, 4) is 17.3 Å². The molecule has 0 N–H and O–H groups in total. The number of hydrogen-bond acceptors (Lipinski definition) is 4. The van der Waals surface area contributed by atoms with Crippen LogP contribution in [-0.2, 0) is 0 Å². The third-order valence-electron chi connectivity index (χ3n) is 7.11. The maximum absolute atomic E-state index is 7.89. The second kappa shape index (κ2) is 8.93. The topological polar surface area (TPSA) is 37.9 Å². The summed E-state index contributed by atoms with van der Waals surface area (Å²) in [6, 6.07) is 30.7. The lowest BCUT2D eigenvalue weighted by Gasteiger charge is -2.21. The normalized spacial score (nSPS) is 14.1. The summed E-state index contributed by atoms with van der Waals surface area (Å²) in [7, 11) is 2.05. The van der Waals surface area contributed by atoms with Crippen LogP contribution in [0.1, 0.15) is 9.68 Å². The van der Waals surface area contributed by atoms with Crippen molar-refractivity contribution in [2.45, 2.75) is 6.85 Å². The summed E-state index contributed by atoms with van der Waals surface area (Å²) in [5, 5.41) is 2.01. The summed E-state index contributed by atoms with van der Waals surface area (Å²) in [5.74, 6) is 1.65. The zero-order valence-electron chi connectivity index (χ0n) is 24.2. The van der Waals surface area contributed by atoms with E-state index in [9.17, 15) is 0 Å². The summed E-state index contributed by atoms with van der Waals surface area (Å²) >= 11 is 0. The van der Waals surface area contributed by atoms with E-state index in [1.54, 1.807) is 12.1 Å². The van der Waals surface area contributed by atoms with E-state index in [1.165, 1.54) is 12.3 Å². The van der Waals surface area contributed by atoms with Crippen molar-refractivity contribution in [3.05, 3.63) is 120 Å². The van der Waals surface area contributed by atoms with Gasteiger partial charge in [-0.25, -0.2) is 9.83 Å². The van der Waals surface area contributed by atoms with Gasteiger partial charge in [-0.05, 0) is 67.0 Å². The van der Waals surface area contributed by atoms with Crippen LogP contribution in [0.15, 0.2) is 103 Å². The van der Waals surface area contributed by atoms with Crippen LogP contribution in [0.25, 0.3) is 32.5 Å². The molecule has 188 valence electrons. The second-order valence-corrected chi connectivity index (χ2v) is 9.59. The molecule has 0 amide bonds. The quantitative estimate of drug-likeness (QED) is 0.223. The van der Waals surface area contributed by atoms with Crippen LogP contribution in [0.2, 0.25) is 0 Å². The SMILES string of the molecule is [2H]C([2H])([2H])c1ccnc(-n2c3ccccc3c3ccc(Oc4cc([N+]#[C-])cc(N5CN(C)c6ccccc65)c4)cc32)c1. The van der Waals surface area contributed by atoms with Gasteiger partial charge in [-0.1, -0.05) is 30.3 Å². The van der Waals surface area contributed by atoms with Crippen LogP contribution in [0.3, 0.4) is 0 Å². The maximum atomic E-state index is 7.89. The van der Waals surface area contributed by atoms with Gasteiger partial charge in [0.15, 0.2) is 5.69 Å². The Labute approximate surface area is 231 Å². The van der Waals surface area contributed by atoms with Gasteiger partial charge in [-0.3, -0.25) is 4.57 Å². The van der Waals surface area contributed by atoms with E-state index in [-0.39, 0.29) is 5.56 Å². The highest BCUT2D eigenvalue weighted by atomic mass is 16.5. The third-order valence-corrected chi connectivity index (χ3v) is 7.11. The summed E-state index contributed by atoms with van der Waals surface area (Å²) in [6.07, 6.45) is 1.53. The molecular weight excluding hydrogens is 482 g/mol. The number of aryl methyl sites for hydroxylation is 1. The first kappa shape index (κ1) is 19.8. The Bertz CT molecular complexity index is 2040. The van der Waals surface area contributed by atoms with E-state index in [0.29, 0.717) is 29.7 Å². The number of ether oxygens (including phenoxy) is 1. The van der Waals surface area contributed by atoms with Gasteiger partial charge in [0.1, 0.15) is 17.3 Å². The molecule has 0 saturated heterocycles. The molecule has 1 aliphatic rings. The van der Waals surface area contributed by atoms with Crippen LogP contribution < -0.4 is 14.5 Å². The lowest BCUT2D eigenvalue weighted by Crippen LogP contribution is -2.23. The molecule has 7 rings (SSSR count). The number of nitrogens with zero attached hydrogens (tertiary/aromatic N) is 5. The number of rotatable bonds is 4. The Morgan fingerprint density at radius 3 is 2.54 bits per heavy atom. The molecule has 39 heavy (non-hydrogen) atoms. The molecule has 1 aliphatic heterocycles. The van der Waals surface area contributed by atoms with Gasteiger partial charge < -0.3 is 14.5 Å². The van der Waals surface area contributed by atoms with E-state index in [1.807, 2.05) is 78.3 Å². The predicted octanol–water partition coefficient (Wildman–Crippen LogP) is 8.38. The molecule has 0 unspecified atom stereocenters. The lowest BCUT2D eigenvalue weighted by atomic mass is 10.1. The molecule has 6 nitrogen and oxygen atoms in total. The van der Waals surface area contributed by atoms with Gasteiger partial charge >= 0.3 is 0 Å². The number of pyridine rings is 1. The fraction of sp³-hybridized carbons (Fsp3) is 0.0909. The van der Waals surface area contributed by atoms with Crippen LogP contribution in [0.5, 0.6) is 11.5 Å². The molecule has 0 atom stereocenters. The van der Waals surface area contributed by atoms with Crippen LogP contribution >= 0.6 is 0 Å². The number of hydrogen-bond donors (Lipinski definition) is 0. The zero-order valence-corrected chi connectivity index (χ0v) is 21.2. The molecule has 2 aromatic heterocycles. The van der Waals surface area contributed by atoms with Gasteiger partial charge in [-0.15, -0.1) is 0 Å². The third kappa shape index (κ3) is 3.84. The Morgan fingerprint density at radius 1 is 0.846 bits per heavy atom. The van der Waals surface area contributed by atoms with Gasteiger partial charge in [0.25, 0.3) is 0 Å². The Hall–Kier alpha value is -5.28. The highest BCUT2D eigenvalue weighted by molar-refractivity contribution is 6.09. The van der Waals surface area contributed by atoms with Crippen molar-refractivity contribution in [3.63, 3.8) is 0 Å². The zero-order chi connectivity index (χ0) is 29.0. The molecule has 3 heterocycles. The van der Waals surface area contributed by atoms with Crippen LogP contribution in [0, 0.1) is 13.4 Å². The number of benzene rings is 4. The summed E-state index contributed by atoms with van der Waals surface area (Å²) in [6.45, 7) is 6.13. The van der Waals surface area contributed by atoms with E-state index >= 15 is 0 Å². The molecule has 6 aromatic rings. The smallest absolute Gasteiger partial charge is 0.192 e. The van der Waals surface area contributed by atoms with Gasteiger partial charge in [-0.2, -0.15) is 0 Å². The van der Waals surface area contributed by atoms with Crippen LogP contribution in [0.4, 0.5) is 22.7 Å². The standard InChI is InChI=1S/C33H25N5O/c1-22-14-15-35-33(16-22)38-29-9-5-4-8-27(29)28-13-12-25(20-32(28)38)39-26-18-23(34-2)17-24(19-26)37-21-36(3)30-10-6-7-11-31(30)37/h4-20H,21H2,1,3H3/i1D3. The van der Waals surface area contributed by atoms with Crippen molar-refractivity contribution in [2.24, 2.45) is 0 Å². The number of aromatic nitrogens is 2. The number of para-hydroxylation sites is 3.